The van der Waals surface area contributed by atoms with Crippen molar-refractivity contribution in [3.05, 3.63) is 96.1 Å². The molecule has 118 valence electrons. The Balaban J connectivity index is 1.99. The van der Waals surface area contributed by atoms with Crippen molar-refractivity contribution in [1.29, 1.82) is 0 Å². The lowest BCUT2D eigenvalue weighted by Crippen LogP contribution is -2.36. The minimum atomic E-state index is -0.701. The van der Waals surface area contributed by atoms with Crippen LogP contribution in [-0.2, 0) is 9.54 Å². The maximum Gasteiger partial charge on any atom is 0.256 e. The number of hydrogen-bond acceptors (Lipinski definition) is 2. The summed E-state index contributed by atoms with van der Waals surface area (Å²) in [6.45, 7) is 0. The number of nitrogens with zero attached hydrogens (tertiary/aromatic N) is 1. The Hall–Kier alpha value is -2.52. The van der Waals surface area contributed by atoms with E-state index in [0.29, 0.717) is 0 Å². The van der Waals surface area contributed by atoms with Gasteiger partial charge in [-0.3, -0.25) is 9.69 Å². The Bertz CT molecular complexity index is 879. The normalized spacial score (nSPS) is 19.4. The van der Waals surface area contributed by atoms with E-state index >= 15 is 0 Å². The SMILES string of the molecule is CSC1(c2ccccc2)C(=O)N(c2ccccc2)c2ccccc21. The summed E-state index contributed by atoms with van der Waals surface area (Å²) in [7, 11) is 0. The molecule has 0 bridgehead atoms. The van der Waals surface area contributed by atoms with Gasteiger partial charge in [0.25, 0.3) is 5.91 Å². The maximum atomic E-state index is 13.6. The fourth-order valence-corrected chi connectivity index (χ4v) is 4.48. The Labute approximate surface area is 146 Å². The van der Waals surface area contributed by atoms with Crippen molar-refractivity contribution >= 4 is 29.0 Å². The molecule has 0 spiro atoms. The molecular weight excluding hydrogens is 314 g/mol. The first kappa shape index (κ1) is 15.0. The van der Waals surface area contributed by atoms with Crippen LogP contribution in [0.15, 0.2) is 84.9 Å². The molecule has 1 atom stereocenters. The molecule has 0 saturated carbocycles. The number of para-hydroxylation sites is 2. The topological polar surface area (TPSA) is 20.3 Å². The Morgan fingerprint density at radius 3 is 2.04 bits per heavy atom. The number of anilines is 2. The van der Waals surface area contributed by atoms with E-state index in [9.17, 15) is 4.79 Å². The molecular formula is C21H17NOS. The zero-order chi connectivity index (χ0) is 16.6. The smallest absolute Gasteiger partial charge is 0.256 e. The van der Waals surface area contributed by atoms with Gasteiger partial charge in [0, 0.05) is 11.3 Å². The largest absolute Gasteiger partial charge is 0.279 e. The number of carbonyl (C=O) groups is 1. The lowest BCUT2D eigenvalue weighted by Gasteiger charge is -2.27. The van der Waals surface area contributed by atoms with Gasteiger partial charge >= 0.3 is 0 Å². The van der Waals surface area contributed by atoms with Gasteiger partial charge in [-0.25, -0.2) is 0 Å². The predicted octanol–water partition coefficient (Wildman–Crippen LogP) is 4.97. The van der Waals surface area contributed by atoms with E-state index in [2.05, 4.69) is 6.07 Å². The standard InChI is InChI=1S/C21H17NOS/c1-24-21(16-10-4-2-5-11-16)18-14-8-9-15-19(18)22(20(21)23)17-12-6-3-7-13-17/h2-15H,1H3. The van der Waals surface area contributed by atoms with Gasteiger partial charge < -0.3 is 0 Å². The summed E-state index contributed by atoms with van der Waals surface area (Å²) in [5, 5.41) is 0. The van der Waals surface area contributed by atoms with E-state index < -0.39 is 4.75 Å². The summed E-state index contributed by atoms with van der Waals surface area (Å²) < 4.78 is -0.701. The summed E-state index contributed by atoms with van der Waals surface area (Å²) in [5.41, 5.74) is 3.94. The van der Waals surface area contributed by atoms with Crippen LogP contribution in [-0.4, -0.2) is 12.2 Å². The third kappa shape index (κ3) is 2.01. The van der Waals surface area contributed by atoms with Gasteiger partial charge in [0.1, 0.15) is 4.75 Å². The van der Waals surface area contributed by atoms with Crippen LogP contribution in [0.5, 0.6) is 0 Å². The zero-order valence-corrected chi connectivity index (χ0v) is 14.2. The molecule has 1 heterocycles. The summed E-state index contributed by atoms with van der Waals surface area (Å²) in [5.74, 6) is 0.0913. The molecule has 3 aromatic rings. The van der Waals surface area contributed by atoms with Crippen LogP contribution in [0, 0.1) is 0 Å². The first-order valence-corrected chi connectivity index (χ1v) is 9.11. The molecule has 3 aromatic carbocycles. The van der Waals surface area contributed by atoms with E-state index in [4.69, 9.17) is 0 Å². The lowest BCUT2D eigenvalue weighted by molar-refractivity contribution is -0.118. The minimum Gasteiger partial charge on any atom is -0.279 e. The number of benzene rings is 3. The van der Waals surface area contributed by atoms with Gasteiger partial charge in [-0.2, -0.15) is 0 Å². The third-order valence-electron chi connectivity index (χ3n) is 4.53. The Morgan fingerprint density at radius 2 is 1.38 bits per heavy atom. The number of amides is 1. The van der Waals surface area contributed by atoms with Crippen molar-refractivity contribution < 1.29 is 4.79 Å². The molecule has 0 aromatic heterocycles. The predicted molar refractivity (Wildman–Crippen MR) is 101 cm³/mol. The summed E-state index contributed by atoms with van der Waals surface area (Å²) in [6.07, 6.45) is 2.01. The maximum absolute atomic E-state index is 13.6. The monoisotopic (exact) mass is 331 g/mol. The summed E-state index contributed by atoms with van der Waals surface area (Å²) in [4.78, 5) is 15.5. The van der Waals surface area contributed by atoms with Crippen LogP contribution in [0.1, 0.15) is 11.1 Å². The van der Waals surface area contributed by atoms with Gasteiger partial charge in [-0.1, -0.05) is 66.7 Å². The fraction of sp³-hybridized carbons (Fsp3) is 0.0952. The molecule has 1 aliphatic heterocycles. The number of rotatable bonds is 3. The summed E-state index contributed by atoms with van der Waals surface area (Å²) >= 11 is 1.59. The molecule has 2 nitrogen and oxygen atoms in total. The average Bonchev–Trinajstić information content (AvgIpc) is 2.92. The van der Waals surface area contributed by atoms with Crippen LogP contribution < -0.4 is 4.90 Å². The third-order valence-corrected chi connectivity index (χ3v) is 5.77. The number of fused-ring (bicyclic) bond motifs is 1. The Kier molecular flexibility index (Phi) is 3.66. The van der Waals surface area contributed by atoms with Crippen molar-refractivity contribution in [2.24, 2.45) is 0 Å². The number of thioether (sulfide) groups is 1. The van der Waals surface area contributed by atoms with Crippen LogP contribution in [0.25, 0.3) is 0 Å². The average molecular weight is 331 g/mol. The molecule has 24 heavy (non-hydrogen) atoms. The van der Waals surface area contributed by atoms with Gasteiger partial charge in [-0.05, 0) is 30.0 Å². The van der Waals surface area contributed by atoms with Gasteiger partial charge in [0.05, 0.1) is 5.69 Å². The van der Waals surface area contributed by atoms with Crippen molar-refractivity contribution in [3.8, 4) is 0 Å². The van der Waals surface area contributed by atoms with E-state index in [0.717, 1.165) is 22.5 Å². The molecule has 0 fully saturated rings. The molecule has 1 aliphatic rings. The Morgan fingerprint density at radius 1 is 0.792 bits per heavy atom. The van der Waals surface area contributed by atoms with Crippen LogP contribution in [0.3, 0.4) is 0 Å². The van der Waals surface area contributed by atoms with Crippen LogP contribution in [0.2, 0.25) is 0 Å². The summed E-state index contributed by atoms with van der Waals surface area (Å²) in [6, 6.07) is 28.0. The second kappa shape index (κ2) is 5.84. The molecule has 0 aliphatic carbocycles. The van der Waals surface area contributed by atoms with Gasteiger partial charge in [-0.15, -0.1) is 11.8 Å². The first-order valence-electron chi connectivity index (χ1n) is 7.89. The fourth-order valence-electron chi connectivity index (χ4n) is 3.45. The zero-order valence-electron chi connectivity index (χ0n) is 13.3. The van der Waals surface area contributed by atoms with E-state index in [-0.39, 0.29) is 5.91 Å². The number of hydrogen-bond donors (Lipinski definition) is 0. The van der Waals surface area contributed by atoms with Crippen molar-refractivity contribution in [3.63, 3.8) is 0 Å². The molecule has 4 rings (SSSR count). The first-order chi connectivity index (χ1) is 11.8. The molecule has 0 saturated heterocycles. The number of carbonyl (C=O) groups excluding carboxylic acids is 1. The second-order valence-corrected chi connectivity index (χ2v) is 6.77. The lowest BCUT2D eigenvalue weighted by atomic mass is 9.91. The van der Waals surface area contributed by atoms with Crippen LogP contribution >= 0.6 is 11.8 Å². The van der Waals surface area contributed by atoms with Crippen molar-refractivity contribution in [2.75, 3.05) is 11.2 Å². The highest BCUT2D eigenvalue weighted by Gasteiger charge is 2.52. The van der Waals surface area contributed by atoms with Gasteiger partial charge in [0.15, 0.2) is 0 Å². The highest BCUT2D eigenvalue weighted by atomic mass is 32.2. The van der Waals surface area contributed by atoms with E-state index in [1.54, 1.807) is 11.8 Å². The second-order valence-electron chi connectivity index (χ2n) is 5.74. The minimum absolute atomic E-state index is 0.0913. The molecule has 0 radical (unpaired) electrons. The van der Waals surface area contributed by atoms with Gasteiger partial charge in [0.2, 0.25) is 0 Å². The van der Waals surface area contributed by atoms with Crippen molar-refractivity contribution in [2.45, 2.75) is 4.75 Å². The van der Waals surface area contributed by atoms with E-state index in [1.165, 1.54) is 0 Å². The molecule has 3 heteroatoms. The van der Waals surface area contributed by atoms with E-state index in [1.807, 2.05) is 90.0 Å². The van der Waals surface area contributed by atoms with Crippen LogP contribution in [0.4, 0.5) is 11.4 Å². The quantitative estimate of drug-likeness (QED) is 0.675. The molecule has 1 unspecified atom stereocenters. The molecule has 0 N–H and O–H groups in total. The highest BCUT2D eigenvalue weighted by molar-refractivity contribution is 8.00. The van der Waals surface area contributed by atoms with Crippen molar-refractivity contribution in [1.82, 2.24) is 0 Å². The molecule has 1 amide bonds. The highest BCUT2D eigenvalue weighted by Crippen LogP contribution is 2.54.